The maximum absolute atomic E-state index is 2.46. The van der Waals surface area contributed by atoms with Crippen LogP contribution in [0.3, 0.4) is 0 Å². The van der Waals surface area contributed by atoms with E-state index in [1.54, 1.807) is 6.42 Å². The average Bonchev–Trinajstić information content (AvgIpc) is 2.02. The van der Waals surface area contributed by atoms with Crippen LogP contribution in [-0.4, -0.2) is 0 Å². The lowest BCUT2D eigenvalue weighted by molar-refractivity contribution is 0.294. The minimum Gasteiger partial charge on any atom is -0.0844 e. The Balaban J connectivity index is 2.25. The summed E-state index contributed by atoms with van der Waals surface area (Å²) in [5, 5.41) is 0. The van der Waals surface area contributed by atoms with Gasteiger partial charge in [0.15, 0.2) is 0 Å². The van der Waals surface area contributed by atoms with E-state index in [1.165, 1.54) is 6.42 Å². The van der Waals surface area contributed by atoms with Crippen molar-refractivity contribution in [2.45, 2.75) is 12.8 Å². The molecule has 3 aliphatic rings. The van der Waals surface area contributed by atoms with Gasteiger partial charge in [-0.05, 0) is 30.6 Å². The monoisotopic (exact) mass is 92.1 g/mol. The summed E-state index contributed by atoms with van der Waals surface area (Å²) < 4.78 is 0. The second-order valence-corrected chi connectivity index (χ2v) is 3.07. The molecular weight excluding hydrogens is 84.1 g/mol. The van der Waals surface area contributed by atoms with Gasteiger partial charge in [0.05, 0.1) is 0 Å². The van der Waals surface area contributed by atoms with Crippen LogP contribution in [0, 0.1) is 17.8 Å². The third kappa shape index (κ3) is 0.155. The summed E-state index contributed by atoms with van der Waals surface area (Å²) in [6, 6.07) is 0. The van der Waals surface area contributed by atoms with E-state index in [1.807, 2.05) is 5.57 Å². The first-order valence-electron chi connectivity index (χ1n) is 3.17. The smallest absolute Gasteiger partial charge is 0.0103 e. The predicted octanol–water partition coefficient (Wildman–Crippen LogP) is 1.58. The third-order valence-corrected chi connectivity index (χ3v) is 2.86. The molecule has 3 atom stereocenters. The van der Waals surface area contributed by atoms with E-state index in [9.17, 15) is 0 Å². The van der Waals surface area contributed by atoms with Gasteiger partial charge in [0, 0.05) is 0 Å². The summed E-state index contributed by atoms with van der Waals surface area (Å²) >= 11 is 0. The molecule has 36 valence electrons. The van der Waals surface area contributed by atoms with Crippen LogP contribution in [0.2, 0.25) is 0 Å². The van der Waals surface area contributed by atoms with Crippen LogP contribution in [0.4, 0.5) is 0 Å². The van der Waals surface area contributed by atoms with Gasteiger partial charge in [-0.2, -0.15) is 0 Å². The summed E-state index contributed by atoms with van der Waals surface area (Å²) in [4.78, 5) is 0. The molecule has 2 fully saturated rings. The Bertz CT molecular complexity index is 155. The Morgan fingerprint density at radius 1 is 1.57 bits per heavy atom. The summed E-state index contributed by atoms with van der Waals surface area (Å²) in [6.07, 6.45) is 5.44. The Hall–Kier alpha value is -0.260. The maximum atomic E-state index is 2.46. The van der Waals surface area contributed by atoms with Crippen molar-refractivity contribution in [3.05, 3.63) is 11.6 Å². The lowest BCUT2D eigenvalue weighted by atomic mass is 9.83. The van der Waals surface area contributed by atoms with Crippen LogP contribution in [0.25, 0.3) is 0 Å². The highest BCUT2D eigenvalue weighted by Gasteiger charge is 2.60. The molecule has 0 radical (unpaired) electrons. The molecule has 0 bridgehead atoms. The number of fused-ring (bicyclic) bond motifs is 1. The standard InChI is InChI=1S/C7H8/c1-2-5-6-3-4(1)7(5)6/h2,4,6-7H,1,3H2. The van der Waals surface area contributed by atoms with Gasteiger partial charge in [-0.1, -0.05) is 11.6 Å². The molecule has 3 aliphatic carbocycles. The van der Waals surface area contributed by atoms with Crippen molar-refractivity contribution < 1.29 is 0 Å². The van der Waals surface area contributed by atoms with E-state index in [-0.39, 0.29) is 0 Å². The average molecular weight is 92.1 g/mol. The van der Waals surface area contributed by atoms with E-state index >= 15 is 0 Å². The third-order valence-electron chi connectivity index (χ3n) is 2.86. The molecule has 0 aliphatic heterocycles. The lowest BCUT2D eigenvalue weighted by Crippen LogP contribution is -2.13. The highest BCUT2D eigenvalue weighted by atomic mass is 14.6. The second-order valence-electron chi connectivity index (χ2n) is 3.07. The summed E-state index contributed by atoms with van der Waals surface area (Å²) in [5.41, 5.74) is 1.82. The van der Waals surface area contributed by atoms with Crippen LogP contribution in [0.15, 0.2) is 11.6 Å². The Morgan fingerprint density at radius 3 is 2.71 bits per heavy atom. The molecule has 0 N–H and O–H groups in total. The molecule has 0 aromatic heterocycles. The minimum absolute atomic E-state index is 1.12. The number of hydrogen-bond donors (Lipinski definition) is 0. The highest BCUT2D eigenvalue weighted by Crippen LogP contribution is 2.69. The molecule has 0 saturated heterocycles. The predicted molar refractivity (Wildman–Crippen MR) is 27.8 cm³/mol. The van der Waals surface area contributed by atoms with Crippen LogP contribution >= 0.6 is 0 Å². The van der Waals surface area contributed by atoms with Gasteiger partial charge in [-0.15, -0.1) is 0 Å². The van der Waals surface area contributed by atoms with Crippen LogP contribution in [0.1, 0.15) is 12.8 Å². The highest BCUT2D eigenvalue weighted by molar-refractivity contribution is 5.42. The van der Waals surface area contributed by atoms with Crippen LogP contribution < -0.4 is 0 Å². The Morgan fingerprint density at radius 2 is 2.57 bits per heavy atom. The van der Waals surface area contributed by atoms with E-state index in [2.05, 4.69) is 6.08 Å². The van der Waals surface area contributed by atoms with Crippen molar-refractivity contribution in [1.29, 1.82) is 0 Å². The fourth-order valence-electron chi connectivity index (χ4n) is 2.34. The fourth-order valence-corrected chi connectivity index (χ4v) is 2.34. The SMILES string of the molecule is C1=C2C3CC(C1)C23. The van der Waals surface area contributed by atoms with Crippen molar-refractivity contribution in [3.8, 4) is 0 Å². The molecule has 0 heterocycles. The lowest BCUT2D eigenvalue weighted by Gasteiger charge is -2.21. The van der Waals surface area contributed by atoms with E-state index in [0.29, 0.717) is 0 Å². The summed E-state index contributed by atoms with van der Waals surface area (Å²) in [5.74, 6) is 3.40. The van der Waals surface area contributed by atoms with Gasteiger partial charge in [0.2, 0.25) is 0 Å². The second kappa shape index (κ2) is 0.594. The fraction of sp³-hybridized carbons (Fsp3) is 0.714. The minimum atomic E-state index is 1.12. The molecular formula is C7H8. The zero-order valence-corrected chi connectivity index (χ0v) is 4.22. The topological polar surface area (TPSA) is 0 Å². The number of rotatable bonds is 0. The van der Waals surface area contributed by atoms with Crippen LogP contribution in [0.5, 0.6) is 0 Å². The molecule has 0 amide bonds. The van der Waals surface area contributed by atoms with Crippen LogP contribution in [-0.2, 0) is 0 Å². The zero-order chi connectivity index (χ0) is 4.43. The Labute approximate surface area is 43.2 Å². The largest absolute Gasteiger partial charge is 0.0844 e. The first-order chi connectivity index (χ1) is 3.47. The molecule has 7 heavy (non-hydrogen) atoms. The molecule has 0 spiro atoms. The maximum Gasteiger partial charge on any atom is -0.0103 e. The molecule has 0 heteroatoms. The molecule has 0 nitrogen and oxygen atoms in total. The first kappa shape index (κ1) is 2.91. The van der Waals surface area contributed by atoms with Crippen molar-refractivity contribution >= 4 is 0 Å². The molecule has 2 saturated carbocycles. The van der Waals surface area contributed by atoms with Crippen molar-refractivity contribution in [1.82, 2.24) is 0 Å². The summed E-state index contributed by atoms with van der Waals surface area (Å²) in [7, 11) is 0. The first-order valence-corrected chi connectivity index (χ1v) is 3.17. The van der Waals surface area contributed by atoms with Gasteiger partial charge in [0.25, 0.3) is 0 Å². The van der Waals surface area contributed by atoms with Gasteiger partial charge >= 0.3 is 0 Å². The van der Waals surface area contributed by atoms with E-state index in [0.717, 1.165) is 17.8 Å². The van der Waals surface area contributed by atoms with Gasteiger partial charge < -0.3 is 0 Å². The van der Waals surface area contributed by atoms with E-state index in [4.69, 9.17) is 0 Å². The van der Waals surface area contributed by atoms with Crippen molar-refractivity contribution in [2.24, 2.45) is 17.8 Å². The molecule has 0 aromatic carbocycles. The van der Waals surface area contributed by atoms with E-state index < -0.39 is 0 Å². The Kier molecular flexibility index (Phi) is 0.247. The van der Waals surface area contributed by atoms with Crippen molar-refractivity contribution in [3.63, 3.8) is 0 Å². The normalized spacial score (nSPS) is 60.6. The summed E-state index contributed by atoms with van der Waals surface area (Å²) in [6.45, 7) is 0. The van der Waals surface area contributed by atoms with Crippen molar-refractivity contribution in [2.75, 3.05) is 0 Å². The number of allylic oxidation sites excluding steroid dienone is 2. The molecule has 0 aromatic rings. The zero-order valence-electron chi connectivity index (χ0n) is 4.22. The van der Waals surface area contributed by atoms with Gasteiger partial charge in [-0.3, -0.25) is 0 Å². The number of hydrogen-bond acceptors (Lipinski definition) is 0. The van der Waals surface area contributed by atoms with Gasteiger partial charge in [-0.25, -0.2) is 0 Å². The quantitative estimate of drug-likeness (QED) is 0.398. The molecule has 3 unspecified atom stereocenters. The van der Waals surface area contributed by atoms with Gasteiger partial charge in [0.1, 0.15) is 0 Å². The molecule has 3 rings (SSSR count).